The monoisotopic (exact) mass is 506 g/mol. The van der Waals surface area contributed by atoms with E-state index >= 15 is 0 Å². The highest BCUT2D eigenvalue weighted by molar-refractivity contribution is 9.12. The van der Waals surface area contributed by atoms with Gasteiger partial charge in [0, 0.05) is 4.88 Å². The lowest BCUT2D eigenvalue weighted by molar-refractivity contribution is 1.23. The highest BCUT2D eigenvalue weighted by Gasteiger charge is 2.18. The van der Waals surface area contributed by atoms with E-state index in [4.69, 9.17) is 0 Å². The third-order valence-corrected chi connectivity index (χ3v) is 7.96. The zero-order valence-corrected chi connectivity index (χ0v) is 16.0. The second-order valence-electron chi connectivity index (χ2n) is 3.25. The minimum Gasteiger partial charge on any atom is -0.131 e. The summed E-state index contributed by atoms with van der Waals surface area (Å²) in [6.45, 7) is 2.11. The number of halogens is 4. The summed E-state index contributed by atoms with van der Waals surface area (Å²) < 4.78 is 3.52. The molecular formula is C10H6Br4S2. The van der Waals surface area contributed by atoms with E-state index in [1.54, 1.807) is 22.7 Å². The predicted octanol–water partition coefficient (Wildman–Crippen LogP) is 6.89. The van der Waals surface area contributed by atoms with Crippen LogP contribution < -0.4 is 0 Å². The van der Waals surface area contributed by atoms with Gasteiger partial charge in [-0.1, -0.05) is 15.9 Å². The van der Waals surface area contributed by atoms with Gasteiger partial charge >= 0.3 is 0 Å². The number of aryl methyl sites for hydroxylation is 1. The van der Waals surface area contributed by atoms with Crippen LogP contribution in [-0.2, 0) is 0 Å². The zero-order valence-electron chi connectivity index (χ0n) is 8.06. The highest BCUT2D eigenvalue weighted by Crippen LogP contribution is 2.45. The Morgan fingerprint density at radius 3 is 2.19 bits per heavy atom. The molecule has 0 amide bonds. The van der Waals surface area contributed by atoms with Crippen LogP contribution >= 0.6 is 86.4 Å². The Labute approximate surface area is 136 Å². The van der Waals surface area contributed by atoms with Crippen LogP contribution in [0.2, 0.25) is 0 Å². The molecule has 0 N–H and O–H groups in total. The first-order chi connectivity index (χ1) is 7.49. The maximum absolute atomic E-state index is 3.75. The molecule has 2 aromatic heterocycles. The molecule has 0 aliphatic heterocycles. The maximum Gasteiger partial charge on any atom is 0.0758 e. The molecule has 6 heteroatoms. The molecule has 0 fully saturated rings. The van der Waals surface area contributed by atoms with Gasteiger partial charge in [0.25, 0.3) is 0 Å². The normalized spacial score (nSPS) is 13.1. The molecule has 0 aliphatic rings. The zero-order chi connectivity index (χ0) is 11.9. The number of thiophene rings is 2. The molecule has 16 heavy (non-hydrogen) atoms. The molecule has 1 unspecified atom stereocenters. The Morgan fingerprint density at radius 1 is 1.06 bits per heavy atom. The Balaban J connectivity index is 2.38. The van der Waals surface area contributed by atoms with Crippen LogP contribution in [0.5, 0.6) is 0 Å². The van der Waals surface area contributed by atoms with Crippen molar-refractivity contribution in [2.24, 2.45) is 0 Å². The van der Waals surface area contributed by atoms with Gasteiger partial charge < -0.3 is 0 Å². The van der Waals surface area contributed by atoms with E-state index in [9.17, 15) is 0 Å². The van der Waals surface area contributed by atoms with Crippen molar-refractivity contribution in [3.8, 4) is 0 Å². The molecule has 2 aromatic rings. The summed E-state index contributed by atoms with van der Waals surface area (Å²) in [4.78, 5) is 1.56. The van der Waals surface area contributed by atoms with Gasteiger partial charge in [-0.05, 0) is 78.0 Å². The first-order valence-corrected chi connectivity index (χ1v) is 9.26. The van der Waals surface area contributed by atoms with E-state index in [2.05, 4.69) is 82.8 Å². The summed E-state index contributed by atoms with van der Waals surface area (Å²) in [6, 6.07) is 4.36. The van der Waals surface area contributed by atoms with Crippen molar-refractivity contribution in [2.75, 3.05) is 0 Å². The second kappa shape index (κ2) is 5.53. The molecule has 0 saturated heterocycles. The topological polar surface area (TPSA) is 0 Å². The third-order valence-electron chi connectivity index (χ3n) is 2.08. The third kappa shape index (κ3) is 2.83. The Kier molecular flexibility index (Phi) is 4.75. The van der Waals surface area contributed by atoms with E-state index in [0.717, 1.165) is 3.79 Å². The summed E-state index contributed by atoms with van der Waals surface area (Å²) in [7, 11) is 0. The fraction of sp³-hybridized carbons (Fsp3) is 0.200. The van der Waals surface area contributed by atoms with E-state index in [1.807, 2.05) is 0 Å². The molecule has 0 bridgehead atoms. The van der Waals surface area contributed by atoms with Crippen LogP contribution in [0, 0.1) is 6.92 Å². The molecule has 0 saturated carbocycles. The molecule has 2 rings (SSSR count). The van der Waals surface area contributed by atoms with Crippen molar-refractivity contribution in [1.82, 2.24) is 0 Å². The first kappa shape index (κ1) is 13.7. The lowest BCUT2D eigenvalue weighted by Gasteiger charge is -2.05. The van der Waals surface area contributed by atoms with Gasteiger partial charge in [-0.3, -0.25) is 0 Å². The molecule has 0 aliphatic carbocycles. The van der Waals surface area contributed by atoms with E-state index in [1.165, 1.54) is 23.6 Å². The van der Waals surface area contributed by atoms with Crippen LogP contribution in [0.4, 0.5) is 0 Å². The molecule has 86 valence electrons. The molecular weight excluding hydrogens is 504 g/mol. The Morgan fingerprint density at radius 2 is 1.75 bits per heavy atom. The van der Waals surface area contributed by atoms with Crippen LogP contribution in [0.3, 0.4) is 0 Å². The minimum atomic E-state index is 0.249. The second-order valence-corrected chi connectivity index (χ2v) is 10.3. The fourth-order valence-corrected chi connectivity index (χ4v) is 6.99. The minimum absolute atomic E-state index is 0.249. The first-order valence-electron chi connectivity index (χ1n) is 4.33. The van der Waals surface area contributed by atoms with Crippen molar-refractivity contribution < 1.29 is 0 Å². The van der Waals surface area contributed by atoms with Crippen molar-refractivity contribution in [3.05, 3.63) is 39.5 Å². The summed E-state index contributed by atoms with van der Waals surface area (Å²) in [5.74, 6) is 0. The molecule has 0 aromatic carbocycles. The van der Waals surface area contributed by atoms with Gasteiger partial charge in [-0.15, -0.1) is 22.7 Å². The predicted molar refractivity (Wildman–Crippen MR) is 87.2 cm³/mol. The van der Waals surface area contributed by atoms with Gasteiger partial charge in [-0.2, -0.15) is 0 Å². The molecule has 0 spiro atoms. The number of rotatable bonds is 2. The van der Waals surface area contributed by atoms with E-state index < -0.39 is 0 Å². The summed E-state index contributed by atoms with van der Waals surface area (Å²) in [5.41, 5.74) is 2.56. The van der Waals surface area contributed by atoms with Gasteiger partial charge in [0.15, 0.2) is 0 Å². The Bertz CT molecular complexity index is 495. The highest BCUT2D eigenvalue weighted by atomic mass is 79.9. The van der Waals surface area contributed by atoms with Crippen molar-refractivity contribution >= 4 is 86.4 Å². The van der Waals surface area contributed by atoms with Crippen LogP contribution in [0.1, 0.15) is 20.8 Å². The van der Waals surface area contributed by atoms with Crippen LogP contribution in [0.15, 0.2) is 23.5 Å². The van der Waals surface area contributed by atoms with E-state index in [-0.39, 0.29) is 4.83 Å². The summed E-state index contributed by atoms with van der Waals surface area (Å²) in [5, 5.41) is 0. The number of hydrogen-bond donors (Lipinski definition) is 0. The van der Waals surface area contributed by atoms with Crippen molar-refractivity contribution in [3.63, 3.8) is 0 Å². The van der Waals surface area contributed by atoms with Gasteiger partial charge in [-0.25, -0.2) is 0 Å². The largest absolute Gasteiger partial charge is 0.131 e. The molecule has 1 atom stereocenters. The summed E-state index contributed by atoms with van der Waals surface area (Å²) >= 11 is 17.9. The van der Waals surface area contributed by atoms with Gasteiger partial charge in [0.2, 0.25) is 0 Å². The Hall–Kier alpha value is 1.32. The average Bonchev–Trinajstić information content (AvgIpc) is 2.70. The van der Waals surface area contributed by atoms with Gasteiger partial charge in [0.1, 0.15) is 0 Å². The standard InChI is InChI=1S/C10H6Br4S2/c1-4-2-6(15-9(4)13)8(12)5-3-7(11)16-10(5)14/h2-3,8H,1H3. The fourth-order valence-electron chi connectivity index (χ4n) is 1.29. The lowest BCUT2D eigenvalue weighted by Crippen LogP contribution is -1.86. The lowest BCUT2D eigenvalue weighted by atomic mass is 10.2. The molecule has 0 radical (unpaired) electrons. The average molecular weight is 510 g/mol. The van der Waals surface area contributed by atoms with Crippen LogP contribution in [0.25, 0.3) is 0 Å². The smallest absolute Gasteiger partial charge is 0.0758 e. The van der Waals surface area contributed by atoms with Crippen molar-refractivity contribution in [1.29, 1.82) is 0 Å². The maximum atomic E-state index is 3.75. The SMILES string of the molecule is Cc1cc(C(Br)c2cc(Br)sc2Br)sc1Br. The van der Waals surface area contributed by atoms with Crippen LogP contribution in [-0.4, -0.2) is 0 Å². The molecule has 0 nitrogen and oxygen atoms in total. The van der Waals surface area contributed by atoms with Crippen molar-refractivity contribution in [2.45, 2.75) is 11.8 Å². The quantitative estimate of drug-likeness (QED) is 0.387. The molecule has 2 heterocycles. The summed E-state index contributed by atoms with van der Waals surface area (Å²) in [6.07, 6.45) is 0. The van der Waals surface area contributed by atoms with Gasteiger partial charge in [0.05, 0.1) is 16.2 Å². The van der Waals surface area contributed by atoms with E-state index in [0.29, 0.717) is 0 Å². The number of hydrogen-bond acceptors (Lipinski definition) is 2. The number of alkyl halides is 1.